The third-order valence-electron chi connectivity index (χ3n) is 4.40. The van der Waals surface area contributed by atoms with Gasteiger partial charge in [-0.15, -0.1) is 0 Å². The largest absolute Gasteiger partial charge is 0.368 e. The normalized spacial score (nSPS) is 23.1. The van der Waals surface area contributed by atoms with Crippen LogP contribution < -0.4 is 10.2 Å². The van der Waals surface area contributed by atoms with Crippen molar-refractivity contribution in [3.05, 3.63) is 29.3 Å². The molecule has 1 fully saturated rings. The van der Waals surface area contributed by atoms with Gasteiger partial charge in [0, 0.05) is 24.8 Å². The van der Waals surface area contributed by atoms with Gasteiger partial charge in [0.05, 0.1) is 0 Å². The van der Waals surface area contributed by atoms with Crippen LogP contribution in [0.3, 0.4) is 0 Å². The number of aryl methyl sites for hydroxylation is 1. The average molecular weight is 274 g/mol. The summed E-state index contributed by atoms with van der Waals surface area (Å²) in [7, 11) is 0. The van der Waals surface area contributed by atoms with Crippen molar-refractivity contribution < 1.29 is 0 Å². The van der Waals surface area contributed by atoms with Crippen molar-refractivity contribution >= 4 is 5.69 Å². The Morgan fingerprint density at radius 2 is 2.05 bits per heavy atom. The fraction of sp³-hybridized carbons (Fsp3) is 0.667. The highest BCUT2D eigenvalue weighted by atomic mass is 15.2. The predicted molar refractivity (Wildman–Crippen MR) is 88.4 cm³/mol. The van der Waals surface area contributed by atoms with Gasteiger partial charge in [-0.05, 0) is 57.2 Å². The number of hydrogen-bond donors (Lipinski definition) is 1. The van der Waals surface area contributed by atoms with Crippen molar-refractivity contribution in [2.45, 2.75) is 59.5 Å². The van der Waals surface area contributed by atoms with Crippen LogP contribution in [-0.4, -0.2) is 19.1 Å². The lowest BCUT2D eigenvalue weighted by Gasteiger charge is -2.39. The first-order chi connectivity index (χ1) is 9.61. The molecule has 1 N–H and O–H groups in total. The van der Waals surface area contributed by atoms with Gasteiger partial charge < -0.3 is 10.2 Å². The molecular formula is C18H30N2. The molecule has 0 aliphatic carbocycles. The Balaban J connectivity index is 2.20. The molecule has 1 saturated heterocycles. The standard InChI is InChI=1S/C18H30N2/c1-5-10-19-12-17-11-14(2)7-9-18(17)20-13-15(3)6-8-16(20)4/h7,9,11,15-16,19H,5-6,8,10,12-13H2,1-4H3. The fourth-order valence-corrected chi connectivity index (χ4v) is 3.16. The molecule has 1 aliphatic heterocycles. The van der Waals surface area contributed by atoms with Gasteiger partial charge >= 0.3 is 0 Å². The maximum absolute atomic E-state index is 3.56. The van der Waals surface area contributed by atoms with E-state index in [0.29, 0.717) is 6.04 Å². The van der Waals surface area contributed by atoms with E-state index >= 15 is 0 Å². The topological polar surface area (TPSA) is 15.3 Å². The summed E-state index contributed by atoms with van der Waals surface area (Å²) in [6.07, 6.45) is 3.88. The first kappa shape index (κ1) is 15.4. The molecule has 0 amide bonds. The molecular weight excluding hydrogens is 244 g/mol. The molecule has 0 saturated carbocycles. The van der Waals surface area contributed by atoms with E-state index < -0.39 is 0 Å². The smallest absolute Gasteiger partial charge is 0.0414 e. The van der Waals surface area contributed by atoms with E-state index in [1.165, 1.54) is 42.6 Å². The van der Waals surface area contributed by atoms with Gasteiger partial charge in [-0.2, -0.15) is 0 Å². The van der Waals surface area contributed by atoms with Crippen molar-refractivity contribution in [2.75, 3.05) is 18.0 Å². The summed E-state index contributed by atoms with van der Waals surface area (Å²) >= 11 is 0. The number of hydrogen-bond acceptors (Lipinski definition) is 2. The van der Waals surface area contributed by atoms with Crippen LogP contribution in [0.5, 0.6) is 0 Å². The SMILES string of the molecule is CCCNCc1cc(C)ccc1N1CC(C)CCC1C. The molecule has 1 aliphatic rings. The highest BCUT2D eigenvalue weighted by Gasteiger charge is 2.24. The summed E-state index contributed by atoms with van der Waals surface area (Å²) in [4.78, 5) is 2.62. The van der Waals surface area contributed by atoms with E-state index in [-0.39, 0.29) is 0 Å². The summed E-state index contributed by atoms with van der Waals surface area (Å²) in [5.41, 5.74) is 4.26. The van der Waals surface area contributed by atoms with Gasteiger partial charge in [0.2, 0.25) is 0 Å². The quantitative estimate of drug-likeness (QED) is 0.813. The summed E-state index contributed by atoms with van der Waals surface area (Å²) in [6, 6.07) is 7.60. The minimum absolute atomic E-state index is 0.666. The molecule has 1 heterocycles. The van der Waals surface area contributed by atoms with Gasteiger partial charge in [0.25, 0.3) is 0 Å². The lowest BCUT2D eigenvalue weighted by Crippen LogP contribution is -2.41. The number of rotatable bonds is 5. The third-order valence-corrected chi connectivity index (χ3v) is 4.40. The summed E-state index contributed by atoms with van der Waals surface area (Å²) < 4.78 is 0. The molecule has 20 heavy (non-hydrogen) atoms. The van der Waals surface area contributed by atoms with Gasteiger partial charge in [-0.1, -0.05) is 31.5 Å². The monoisotopic (exact) mass is 274 g/mol. The van der Waals surface area contributed by atoms with E-state index in [4.69, 9.17) is 0 Å². The van der Waals surface area contributed by atoms with Crippen molar-refractivity contribution in [1.29, 1.82) is 0 Å². The van der Waals surface area contributed by atoms with Crippen molar-refractivity contribution in [3.8, 4) is 0 Å². The Hall–Kier alpha value is -1.02. The van der Waals surface area contributed by atoms with Crippen LogP contribution in [0.15, 0.2) is 18.2 Å². The summed E-state index contributed by atoms with van der Waals surface area (Å²) in [6.45, 7) is 12.4. The summed E-state index contributed by atoms with van der Waals surface area (Å²) in [5, 5.41) is 3.56. The Bertz CT molecular complexity index is 427. The van der Waals surface area contributed by atoms with Crippen molar-refractivity contribution in [1.82, 2.24) is 5.32 Å². The fourth-order valence-electron chi connectivity index (χ4n) is 3.16. The second-order valence-electron chi connectivity index (χ2n) is 6.49. The van der Waals surface area contributed by atoms with Crippen LogP contribution in [0.1, 0.15) is 51.2 Å². The van der Waals surface area contributed by atoms with Crippen molar-refractivity contribution in [3.63, 3.8) is 0 Å². The molecule has 0 aromatic heterocycles. The van der Waals surface area contributed by atoms with Crippen LogP contribution in [0.25, 0.3) is 0 Å². The number of nitrogens with zero attached hydrogens (tertiary/aromatic N) is 1. The van der Waals surface area contributed by atoms with E-state index in [1.54, 1.807) is 0 Å². The zero-order chi connectivity index (χ0) is 14.5. The van der Waals surface area contributed by atoms with Gasteiger partial charge in [0.1, 0.15) is 0 Å². The predicted octanol–water partition coefficient (Wildman–Crippen LogP) is 4.12. The minimum atomic E-state index is 0.666. The molecule has 2 nitrogen and oxygen atoms in total. The molecule has 2 rings (SSSR count). The number of piperidine rings is 1. The van der Waals surface area contributed by atoms with Gasteiger partial charge in [0.15, 0.2) is 0 Å². The number of benzene rings is 1. The maximum Gasteiger partial charge on any atom is 0.0414 e. The second-order valence-corrected chi connectivity index (χ2v) is 6.49. The highest BCUT2D eigenvalue weighted by molar-refractivity contribution is 5.56. The van der Waals surface area contributed by atoms with E-state index in [1.807, 2.05) is 0 Å². The lowest BCUT2D eigenvalue weighted by molar-refractivity contribution is 0.389. The third kappa shape index (κ3) is 3.76. The molecule has 0 spiro atoms. The molecule has 1 aromatic carbocycles. The molecule has 2 atom stereocenters. The zero-order valence-electron chi connectivity index (χ0n) is 13.6. The summed E-state index contributed by atoms with van der Waals surface area (Å²) in [5.74, 6) is 0.809. The zero-order valence-corrected chi connectivity index (χ0v) is 13.6. The van der Waals surface area contributed by atoms with Crippen molar-refractivity contribution in [2.24, 2.45) is 5.92 Å². The van der Waals surface area contributed by atoms with Crippen LogP contribution in [-0.2, 0) is 6.54 Å². The van der Waals surface area contributed by atoms with Crippen LogP contribution in [0, 0.1) is 12.8 Å². The van der Waals surface area contributed by atoms with E-state index in [9.17, 15) is 0 Å². The molecule has 1 aromatic rings. The minimum Gasteiger partial charge on any atom is -0.368 e. The van der Waals surface area contributed by atoms with E-state index in [0.717, 1.165) is 19.0 Å². The van der Waals surface area contributed by atoms with Crippen LogP contribution in [0.2, 0.25) is 0 Å². The van der Waals surface area contributed by atoms with Gasteiger partial charge in [-0.3, -0.25) is 0 Å². The first-order valence-corrected chi connectivity index (χ1v) is 8.18. The Kier molecular flexibility index (Phi) is 5.47. The number of anilines is 1. The molecule has 0 radical (unpaired) electrons. The Labute approximate surface area is 124 Å². The van der Waals surface area contributed by atoms with Gasteiger partial charge in [-0.25, -0.2) is 0 Å². The molecule has 0 bridgehead atoms. The van der Waals surface area contributed by atoms with E-state index in [2.05, 4.69) is 56.1 Å². The molecule has 2 unspecified atom stereocenters. The average Bonchev–Trinajstić information content (AvgIpc) is 2.42. The first-order valence-electron chi connectivity index (χ1n) is 8.18. The second kappa shape index (κ2) is 7.12. The van der Waals surface area contributed by atoms with Crippen LogP contribution in [0.4, 0.5) is 5.69 Å². The highest BCUT2D eigenvalue weighted by Crippen LogP contribution is 2.30. The molecule has 112 valence electrons. The Morgan fingerprint density at radius 1 is 1.25 bits per heavy atom. The van der Waals surface area contributed by atoms with Crippen LogP contribution >= 0.6 is 0 Å². The lowest BCUT2D eigenvalue weighted by atomic mass is 9.93. The molecule has 2 heteroatoms. The Morgan fingerprint density at radius 3 is 2.80 bits per heavy atom. The number of nitrogens with one attached hydrogen (secondary N) is 1. The maximum atomic E-state index is 3.56.